The van der Waals surface area contributed by atoms with Crippen LogP contribution in [0.25, 0.3) is 0 Å². The van der Waals surface area contributed by atoms with Crippen molar-refractivity contribution < 1.29 is 12.8 Å². The average molecular weight is 314 g/mol. The molecule has 2 rings (SSSR count). The molecule has 1 aliphatic heterocycles. The number of nitrogens with one attached hydrogen (secondary N) is 2. The molecule has 6 heteroatoms. The van der Waals surface area contributed by atoms with E-state index in [0.717, 1.165) is 31.5 Å². The van der Waals surface area contributed by atoms with Crippen LogP contribution in [0.2, 0.25) is 0 Å². The summed E-state index contributed by atoms with van der Waals surface area (Å²) in [6, 6.07) is 5.55. The third-order valence-corrected chi connectivity index (χ3v) is 5.47. The molecular weight excluding hydrogens is 291 g/mol. The van der Waals surface area contributed by atoms with Crippen LogP contribution in [-0.2, 0) is 10.0 Å². The lowest BCUT2D eigenvalue weighted by atomic mass is 9.96. The van der Waals surface area contributed by atoms with Gasteiger partial charge in [0.05, 0.1) is 5.75 Å². The lowest BCUT2D eigenvalue weighted by molar-refractivity contribution is 0.365. The van der Waals surface area contributed by atoms with Crippen molar-refractivity contribution in [1.29, 1.82) is 0 Å². The first-order chi connectivity index (χ1) is 9.96. The Labute approximate surface area is 126 Å². The smallest absolute Gasteiger partial charge is 0.212 e. The minimum Gasteiger partial charge on any atom is -0.317 e. The molecule has 1 aliphatic rings. The molecule has 0 aliphatic carbocycles. The van der Waals surface area contributed by atoms with Gasteiger partial charge in [-0.2, -0.15) is 0 Å². The molecule has 1 atom stereocenters. The zero-order valence-electron chi connectivity index (χ0n) is 12.3. The fourth-order valence-corrected chi connectivity index (χ4v) is 4.08. The van der Waals surface area contributed by atoms with Gasteiger partial charge in [-0.3, -0.25) is 0 Å². The minimum absolute atomic E-state index is 0.156. The van der Waals surface area contributed by atoms with E-state index in [4.69, 9.17) is 0 Å². The zero-order valence-corrected chi connectivity index (χ0v) is 13.1. The Hall–Kier alpha value is -0.980. The number of hydrogen-bond acceptors (Lipinski definition) is 3. The van der Waals surface area contributed by atoms with E-state index in [1.54, 1.807) is 19.1 Å². The van der Waals surface area contributed by atoms with Gasteiger partial charge in [0.2, 0.25) is 10.0 Å². The first kappa shape index (κ1) is 16.4. The summed E-state index contributed by atoms with van der Waals surface area (Å²) in [6.45, 7) is 3.73. The van der Waals surface area contributed by atoms with E-state index in [0.29, 0.717) is 12.3 Å². The minimum atomic E-state index is -3.30. The molecule has 1 saturated heterocycles. The normalized spacial score (nSPS) is 18.6. The predicted octanol–water partition coefficient (Wildman–Crippen LogP) is 2.20. The van der Waals surface area contributed by atoms with Crippen molar-refractivity contribution in [3.63, 3.8) is 0 Å². The zero-order chi connectivity index (χ0) is 15.3. The van der Waals surface area contributed by atoms with Crippen LogP contribution in [0.5, 0.6) is 0 Å². The van der Waals surface area contributed by atoms with Gasteiger partial charge in [0.15, 0.2) is 0 Å². The van der Waals surface area contributed by atoms with Crippen LogP contribution in [0.15, 0.2) is 24.3 Å². The van der Waals surface area contributed by atoms with Crippen molar-refractivity contribution in [3.05, 3.63) is 35.6 Å². The Morgan fingerprint density at radius 3 is 2.52 bits per heavy atom. The van der Waals surface area contributed by atoms with E-state index in [9.17, 15) is 12.8 Å². The molecule has 0 amide bonds. The summed E-state index contributed by atoms with van der Waals surface area (Å²) in [4.78, 5) is 0. The molecular formula is C15H23FN2O2S. The van der Waals surface area contributed by atoms with E-state index in [1.807, 2.05) is 0 Å². The van der Waals surface area contributed by atoms with Gasteiger partial charge in [0, 0.05) is 6.04 Å². The van der Waals surface area contributed by atoms with E-state index in [1.165, 1.54) is 12.1 Å². The summed E-state index contributed by atoms with van der Waals surface area (Å²) in [7, 11) is -3.30. The molecule has 0 saturated carbocycles. The third kappa shape index (κ3) is 5.37. The maximum Gasteiger partial charge on any atom is 0.212 e. The number of hydrogen-bond donors (Lipinski definition) is 2. The summed E-state index contributed by atoms with van der Waals surface area (Å²) in [5.74, 6) is 0.326. The Kier molecular flexibility index (Phi) is 5.72. The molecule has 1 fully saturated rings. The Morgan fingerprint density at radius 1 is 1.29 bits per heavy atom. The number of piperidine rings is 1. The standard InChI is InChI=1S/C15H23FN2O2S/c1-12(14-2-4-15(16)5-3-14)18-21(19,20)11-8-13-6-9-17-10-7-13/h2-5,12-13,17-18H,6-11H2,1H3. The second-order valence-electron chi connectivity index (χ2n) is 5.69. The number of sulfonamides is 1. The van der Waals surface area contributed by atoms with E-state index >= 15 is 0 Å². The van der Waals surface area contributed by atoms with Gasteiger partial charge < -0.3 is 5.32 Å². The fourth-order valence-electron chi connectivity index (χ4n) is 2.64. The van der Waals surface area contributed by atoms with Gasteiger partial charge in [0.1, 0.15) is 5.82 Å². The number of rotatable bonds is 6. The Morgan fingerprint density at radius 2 is 1.90 bits per heavy atom. The van der Waals surface area contributed by atoms with Gasteiger partial charge in [-0.25, -0.2) is 17.5 Å². The molecule has 0 spiro atoms. The SMILES string of the molecule is CC(NS(=O)(=O)CCC1CCNCC1)c1ccc(F)cc1. The van der Waals surface area contributed by atoms with Gasteiger partial charge in [-0.05, 0) is 62.9 Å². The van der Waals surface area contributed by atoms with Crippen molar-refractivity contribution in [3.8, 4) is 0 Å². The Balaban J connectivity index is 1.86. The number of halogens is 1. The molecule has 118 valence electrons. The van der Waals surface area contributed by atoms with E-state index < -0.39 is 10.0 Å². The fraction of sp³-hybridized carbons (Fsp3) is 0.600. The highest BCUT2D eigenvalue weighted by molar-refractivity contribution is 7.89. The molecule has 1 aromatic carbocycles. The quantitative estimate of drug-likeness (QED) is 0.846. The highest BCUT2D eigenvalue weighted by Gasteiger charge is 2.19. The molecule has 1 heterocycles. The summed E-state index contributed by atoms with van der Waals surface area (Å²) in [5.41, 5.74) is 0.766. The monoisotopic (exact) mass is 314 g/mol. The maximum atomic E-state index is 12.9. The number of benzene rings is 1. The molecule has 0 bridgehead atoms. The van der Waals surface area contributed by atoms with Crippen molar-refractivity contribution >= 4 is 10.0 Å². The molecule has 1 aromatic rings. The first-order valence-corrected chi connectivity index (χ1v) is 9.08. The van der Waals surface area contributed by atoms with Gasteiger partial charge in [0.25, 0.3) is 0 Å². The van der Waals surface area contributed by atoms with E-state index in [-0.39, 0.29) is 17.6 Å². The van der Waals surface area contributed by atoms with Crippen LogP contribution in [0.4, 0.5) is 4.39 Å². The summed E-state index contributed by atoms with van der Waals surface area (Å²) < 4.78 is 39.8. The summed E-state index contributed by atoms with van der Waals surface area (Å²) >= 11 is 0. The molecule has 0 radical (unpaired) electrons. The van der Waals surface area contributed by atoms with Gasteiger partial charge >= 0.3 is 0 Å². The molecule has 4 nitrogen and oxygen atoms in total. The van der Waals surface area contributed by atoms with E-state index in [2.05, 4.69) is 10.0 Å². The van der Waals surface area contributed by atoms with Crippen LogP contribution in [0, 0.1) is 11.7 Å². The van der Waals surface area contributed by atoms with Crippen molar-refractivity contribution in [2.45, 2.75) is 32.2 Å². The van der Waals surface area contributed by atoms with Crippen LogP contribution >= 0.6 is 0 Å². The topological polar surface area (TPSA) is 58.2 Å². The average Bonchev–Trinajstić information content (AvgIpc) is 2.46. The van der Waals surface area contributed by atoms with Gasteiger partial charge in [-0.1, -0.05) is 12.1 Å². The maximum absolute atomic E-state index is 12.9. The lowest BCUT2D eigenvalue weighted by Crippen LogP contribution is -2.32. The lowest BCUT2D eigenvalue weighted by Gasteiger charge is -2.23. The molecule has 0 aromatic heterocycles. The van der Waals surface area contributed by atoms with Crippen molar-refractivity contribution in [2.75, 3.05) is 18.8 Å². The second-order valence-corrected chi connectivity index (χ2v) is 7.57. The Bertz CT molecular complexity index is 539. The molecule has 2 N–H and O–H groups in total. The van der Waals surface area contributed by atoms with Crippen LogP contribution < -0.4 is 10.0 Å². The largest absolute Gasteiger partial charge is 0.317 e. The summed E-state index contributed by atoms with van der Waals surface area (Å²) in [6.07, 6.45) is 2.79. The van der Waals surface area contributed by atoms with Crippen LogP contribution in [-0.4, -0.2) is 27.3 Å². The van der Waals surface area contributed by atoms with Crippen molar-refractivity contribution in [1.82, 2.24) is 10.0 Å². The molecule has 21 heavy (non-hydrogen) atoms. The van der Waals surface area contributed by atoms with Crippen molar-refractivity contribution in [2.24, 2.45) is 5.92 Å². The van der Waals surface area contributed by atoms with Crippen LogP contribution in [0.1, 0.15) is 37.8 Å². The first-order valence-electron chi connectivity index (χ1n) is 7.42. The second kappa shape index (κ2) is 7.33. The van der Waals surface area contributed by atoms with Crippen LogP contribution in [0.3, 0.4) is 0 Å². The third-order valence-electron chi connectivity index (χ3n) is 3.98. The highest BCUT2D eigenvalue weighted by atomic mass is 32.2. The summed E-state index contributed by atoms with van der Waals surface area (Å²) in [5, 5.41) is 3.27. The highest BCUT2D eigenvalue weighted by Crippen LogP contribution is 2.18. The van der Waals surface area contributed by atoms with Gasteiger partial charge in [-0.15, -0.1) is 0 Å². The molecule has 1 unspecified atom stereocenters. The predicted molar refractivity (Wildman–Crippen MR) is 81.9 cm³/mol.